The van der Waals surface area contributed by atoms with E-state index in [1.54, 1.807) is 7.05 Å². The molecule has 0 heterocycles. The Kier molecular flexibility index (Phi) is 8.52. The molecule has 29 heavy (non-hydrogen) atoms. The molecule has 2 N–H and O–H groups in total. The van der Waals surface area contributed by atoms with E-state index in [9.17, 15) is 9.59 Å². The number of anilines is 2. The van der Waals surface area contributed by atoms with Crippen molar-refractivity contribution in [2.45, 2.75) is 27.2 Å². The van der Waals surface area contributed by atoms with Crippen LogP contribution in [0.15, 0.2) is 48.5 Å². The zero-order valence-electron chi connectivity index (χ0n) is 17.9. The zero-order chi connectivity index (χ0) is 21.2. The van der Waals surface area contributed by atoms with Crippen LogP contribution in [0.4, 0.5) is 16.2 Å². The van der Waals surface area contributed by atoms with Gasteiger partial charge in [0.15, 0.2) is 0 Å². The molecule has 6 nitrogen and oxygen atoms in total. The van der Waals surface area contributed by atoms with E-state index in [4.69, 9.17) is 0 Å². The first-order valence-electron chi connectivity index (χ1n) is 10.1. The van der Waals surface area contributed by atoms with Crippen molar-refractivity contribution in [2.75, 3.05) is 43.4 Å². The fraction of sp³-hybridized carbons (Fsp3) is 0.391. The normalized spacial score (nSPS) is 10.3. The number of urea groups is 1. The second kappa shape index (κ2) is 11.1. The fourth-order valence-corrected chi connectivity index (χ4v) is 3.19. The molecule has 2 aromatic carbocycles. The van der Waals surface area contributed by atoms with Crippen molar-refractivity contribution in [1.29, 1.82) is 0 Å². The minimum Gasteiger partial charge on any atom is -0.372 e. The van der Waals surface area contributed by atoms with E-state index in [-0.39, 0.29) is 18.5 Å². The number of benzene rings is 2. The Morgan fingerprint density at radius 3 is 2.24 bits per heavy atom. The molecule has 0 bridgehead atoms. The number of nitrogens with zero attached hydrogens (tertiary/aromatic N) is 2. The van der Waals surface area contributed by atoms with Crippen molar-refractivity contribution in [3.05, 3.63) is 59.7 Å². The van der Waals surface area contributed by atoms with E-state index in [2.05, 4.69) is 34.6 Å². The van der Waals surface area contributed by atoms with Crippen LogP contribution in [0.3, 0.4) is 0 Å². The van der Waals surface area contributed by atoms with Crippen LogP contribution in [-0.4, -0.2) is 50.1 Å². The summed E-state index contributed by atoms with van der Waals surface area (Å²) in [6.07, 6.45) is 0.830. The van der Waals surface area contributed by atoms with Gasteiger partial charge in [-0.25, -0.2) is 4.79 Å². The Morgan fingerprint density at radius 1 is 0.966 bits per heavy atom. The Bertz CT molecular complexity index is 788. The largest absolute Gasteiger partial charge is 0.372 e. The minimum atomic E-state index is -0.246. The molecule has 156 valence electrons. The molecule has 2 aromatic rings. The van der Waals surface area contributed by atoms with Gasteiger partial charge >= 0.3 is 6.03 Å². The summed E-state index contributed by atoms with van der Waals surface area (Å²) in [5, 5.41) is 5.79. The van der Waals surface area contributed by atoms with Crippen molar-refractivity contribution < 1.29 is 9.59 Å². The van der Waals surface area contributed by atoms with Crippen LogP contribution in [0, 0.1) is 13.8 Å². The van der Waals surface area contributed by atoms with E-state index in [1.807, 2.05) is 50.2 Å². The molecule has 0 aromatic heterocycles. The maximum Gasteiger partial charge on any atom is 0.317 e. The molecule has 3 amide bonds. The van der Waals surface area contributed by atoms with Gasteiger partial charge in [-0.15, -0.1) is 0 Å². The quantitative estimate of drug-likeness (QED) is 0.634. The number of carbonyl (C=O) groups excluding carboxylic acids is 2. The Balaban J connectivity index is 1.74. The molecule has 0 aliphatic heterocycles. The SMILES string of the molecule is CCN(CCCNC(=O)N(C)CC(=O)Nc1c(C)cccc1C)c1ccccc1. The van der Waals surface area contributed by atoms with Crippen LogP contribution in [0.1, 0.15) is 24.5 Å². The molecular weight excluding hydrogens is 364 g/mol. The Labute approximate surface area is 173 Å². The van der Waals surface area contributed by atoms with Gasteiger partial charge in [-0.3, -0.25) is 4.79 Å². The van der Waals surface area contributed by atoms with Gasteiger partial charge in [0, 0.05) is 38.1 Å². The van der Waals surface area contributed by atoms with Crippen LogP contribution in [0.2, 0.25) is 0 Å². The zero-order valence-corrected chi connectivity index (χ0v) is 17.9. The van der Waals surface area contributed by atoms with Crippen molar-refractivity contribution in [3.63, 3.8) is 0 Å². The van der Waals surface area contributed by atoms with Crippen molar-refractivity contribution in [2.24, 2.45) is 0 Å². The van der Waals surface area contributed by atoms with Crippen LogP contribution < -0.4 is 15.5 Å². The van der Waals surface area contributed by atoms with Crippen LogP contribution in [0.25, 0.3) is 0 Å². The summed E-state index contributed by atoms with van der Waals surface area (Å²) in [4.78, 5) is 28.2. The van der Waals surface area contributed by atoms with Gasteiger partial charge in [-0.1, -0.05) is 36.4 Å². The molecule has 0 spiro atoms. The summed E-state index contributed by atoms with van der Waals surface area (Å²) in [6.45, 7) is 8.36. The number of carbonyl (C=O) groups is 2. The van der Waals surface area contributed by atoms with Crippen molar-refractivity contribution in [3.8, 4) is 0 Å². The molecule has 2 rings (SSSR count). The van der Waals surface area contributed by atoms with Gasteiger partial charge in [0.25, 0.3) is 0 Å². The molecule has 0 aliphatic rings. The van der Waals surface area contributed by atoms with Gasteiger partial charge in [-0.05, 0) is 50.5 Å². The number of para-hydroxylation sites is 2. The lowest BCUT2D eigenvalue weighted by molar-refractivity contribution is -0.116. The van der Waals surface area contributed by atoms with Crippen molar-refractivity contribution in [1.82, 2.24) is 10.2 Å². The lowest BCUT2D eigenvalue weighted by atomic mass is 10.1. The third kappa shape index (κ3) is 6.82. The summed E-state index contributed by atoms with van der Waals surface area (Å²) in [7, 11) is 1.63. The molecule has 0 aliphatic carbocycles. The molecule has 6 heteroatoms. The number of nitrogens with one attached hydrogen (secondary N) is 2. The highest BCUT2D eigenvalue weighted by molar-refractivity contribution is 5.95. The average molecular weight is 397 g/mol. The maximum absolute atomic E-state index is 12.3. The third-order valence-corrected chi connectivity index (χ3v) is 4.86. The summed E-state index contributed by atoms with van der Waals surface area (Å²) in [5.74, 6) is -0.207. The molecule has 0 unspecified atom stereocenters. The van der Waals surface area contributed by atoms with Gasteiger partial charge in [0.1, 0.15) is 6.54 Å². The highest BCUT2D eigenvalue weighted by atomic mass is 16.2. The number of hydrogen-bond donors (Lipinski definition) is 2. The number of amides is 3. The molecule has 0 saturated carbocycles. The Morgan fingerprint density at radius 2 is 1.62 bits per heavy atom. The van der Waals surface area contributed by atoms with Gasteiger partial charge < -0.3 is 20.4 Å². The standard InChI is InChI=1S/C23H32N4O2/c1-5-27(20-13-7-6-8-14-20)16-10-15-24-23(29)26(4)17-21(28)25-22-18(2)11-9-12-19(22)3/h6-9,11-14H,5,10,15-17H2,1-4H3,(H,24,29)(H,25,28). The number of aryl methyl sites for hydroxylation is 2. The van der Waals surface area contributed by atoms with E-state index < -0.39 is 0 Å². The van der Waals surface area contributed by atoms with E-state index in [0.717, 1.165) is 36.3 Å². The van der Waals surface area contributed by atoms with E-state index >= 15 is 0 Å². The molecule has 0 atom stereocenters. The monoisotopic (exact) mass is 396 g/mol. The summed E-state index contributed by atoms with van der Waals surface area (Å²) < 4.78 is 0. The van der Waals surface area contributed by atoms with E-state index in [0.29, 0.717) is 6.54 Å². The van der Waals surface area contributed by atoms with E-state index in [1.165, 1.54) is 10.6 Å². The topological polar surface area (TPSA) is 64.7 Å². The lowest BCUT2D eigenvalue weighted by Crippen LogP contribution is -2.42. The fourth-order valence-electron chi connectivity index (χ4n) is 3.19. The maximum atomic E-state index is 12.3. The predicted molar refractivity (Wildman–Crippen MR) is 120 cm³/mol. The molecule has 0 saturated heterocycles. The van der Waals surface area contributed by atoms with Gasteiger partial charge in [0.2, 0.25) is 5.91 Å². The summed E-state index contributed by atoms with van der Waals surface area (Å²) in [5.41, 5.74) is 4.00. The van der Waals surface area contributed by atoms with Gasteiger partial charge in [0.05, 0.1) is 0 Å². The van der Waals surface area contributed by atoms with Crippen molar-refractivity contribution >= 4 is 23.3 Å². The smallest absolute Gasteiger partial charge is 0.317 e. The minimum absolute atomic E-state index is 0.00467. The van der Waals surface area contributed by atoms with Crippen LogP contribution >= 0.6 is 0 Å². The Hall–Kier alpha value is -3.02. The second-order valence-electron chi connectivity index (χ2n) is 7.17. The molecule has 0 fully saturated rings. The summed E-state index contributed by atoms with van der Waals surface area (Å²) in [6, 6.07) is 15.8. The number of rotatable bonds is 9. The first kappa shape index (κ1) is 22.3. The summed E-state index contributed by atoms with van der Waals surface area (Å²) >= 11 is 0. The predicted octanol–water partition coefficient (Wildman–Crippen LogP) is 3.80. The first-order valence-corrected chi connectivity index (χ1v) is 10.1. The second-order valence-corrected chi connectivity index (χ2v) is 7.17. The average Bonchev–Trinajstić information content (AvgIpc) is 2.71. The third-order valence-electron chi connectivity index (χ3n) is 4.86. The first-order chi connectivity index (χ1) is 13.9. The highest BCUT2D eigenvalue weighted by Gasteiger charge is 2.14. The molecule has 0 radical (unpaired) electrons. The lowest BCUT2D eigenvalue weighted by Gasteiger charge is -2.23. The highest BCUT2D eigenvalue weighted by Crippen LogP contribution is 2.19. The molecular formula is C23H32N4O2. The van der Waals surface area contributed by atoms with Gasteiger partial charge in [-0.2, -0.15) is 0 Å². The number of hydrogen-bond acceptors (Lipinski definition) is 3. The number of likely N-dealkylation sites (N-methyl/N-ethyl adjacent to an activating group) is 1. The van der Waals surface area contributed by atoms with Crippen LogP contribution in [0.5, 0.6) is 0 Å². The van der Waals surface area contributed by atoms with Crippen LogP contribution in [-0.2, 0) is 4.79 Å².